The molecule has 0 fully saturated rings. The van der Waals surface area contributed by atoms with Crippen molar-refractivity contribution in [3.05, 3.63) is 60.2 Å². The monoisotopic (exact) mass is 244 g/mol. The average molecular weight is 244 g/mol. The van der Waals surface area contributed by atoms with Crippen LogP contribution in [0.25, 0.3) is 11.1 Å². The third kappa shape index (κ3) is 5.67. The van der Waals surface area contributed by atoms with Crippen molar-refractivity contribution in [1.82, 2.24) is 0 Å². The van der Waals surface area contributed by atoms with Gasteiger partial charge in [0.15, 0.2) is 0 Å². The van der Waals surface area contributed by atoms with E-state index in [0.717, 1.165) is 0 Å². The summed E-state index contributed by atoms with van der Waals surface area (Å²) in [6.07, 6.45) is 0. The van der Waals surface area contributed by atoms with Gasteiger partial charge in [0.1, 0.15) is 0 Å². The molecule has 100 valence electrons. The molecule has 0 saturated carbocycles. The minimum atomic E-state index is 0. The molecule has 0 radical (unpaired) electrons. The van der Waals surface area contributed by atoms with Gasteiger partial charge in [0.25, 0.3) is 0 Å². The van der Waals surface area contributed by atoms with Crippen LogP contribution < -0.4 is 0 Å². The molecule has 2 aromatic rings. The van der Waals surface area contributed by atoms with Crippen molar-refractivity contribution in [1.29, 1.82) is 0 Å². The zero-order chi connectivity index (χ0) is 13.1. The molecule has 2 rings (SSSR count). The Balaban J connectivity index is 0. The Kier molecular flexibility index (Phi) is 12.4. The van der Waals surface area contributed by atoms with Gasteiger partial charge < -0.3 is 0 Å². The topological polar surface area (TPSA) is 0 Å². The molecular weight excluding hydrogens is 216 g/mol. The van der Waals surface area contributed by atoms with Crippen LogP contribution >= 0.6 is 0 Å². The third-order valence-corrected chi connectivity index (χ3v) is 2.23. The summed E-state index contributed by atoms with van der Waals surface area (Å²) in [6.45, 7) is 10.1. The zero-order valence-corrected chi connectivity index (χ0v) is 11.7. The molecule has 0 bridgehead atoms. The molecule has 0 N–H and O–H groups in total. The van der Waals surface area contributed by atoms with E-state index in [1.165, 1.54) is 16.7 Å². The van der Waals surface area contributed by atoms with E-state index in [2.05, 4.69) is 55.5 Å². The SMILES string of the molecule is C.CC.CC.Cc1ccccc1-c1ccccc1. The fraction of sp³-hybridized carbons (Fsp3) is 0.333. The van der Waals surface area contributed by atoms with Crippen LogP contribution in [0.3, 0.4) is 0 Å². The van der Waals surface area contributed by atoms with E-state index in [1.54, 1.807) is 0 Å². The summed E-state index contributed by atoms with van der Waals surface area (Å²) in [5.74, 6) is 0. The third-order valence-electron chi connectivity index (χ3n) is 2.23. The number of aryl methyl sites for hydroxylation is 1. The highest BCUT2D eigenvalue weighted by atomic mass is 14.0. The predicted octanol–water partition coefficient (Wildman–Crippen LogP) is 6.35. The lowest BCUT2D eigenvalue weighted by Gasteiger charge is -2.04. The van der Waals surface area contributed by atoms with Crippen molar-refractivity contribution in [3.63, 3.8) is 0 Å². The van der Waals surface area contributed by atoms with Gasteiger partial charge in [-0.05, 0) is 23.6 Å². The number of rotatable bonds is 1. The summed E-state index contributed by atoms with van der Waals surface area (Å²) in [6, 6.07) is 18.9. The van der Waals surface area contributed by atoms with Crippen LogP contribution in [0.4, 0.5) is 0 Å². The molecule has 18 heavy (non-hydrogen) atoms. The van der Waals surface area contributed by atoms with E-state index in [1.807, 2.05) is 33.8 Å². The Hall–Kier alpha value is -1.56. The van der Waals surface area contributed by atoms with Gasteiger partial charge in [-0.15, -0.1) is 0 Å². The van der Waals surface area contributed by atoms with Gasteiger partial charge in [0, 0.05) is 0 Å². The summed E-state index contributed by atoms with van der Waals surface area (Å²) < 4.78 is 0. The van der Waals surface area contributed by atoms with Gasteiger partial charge in [0.05, 0.1) is 0 Å². The molecule has 0 heterocycles. The standard InChI is InChI=1S/C13H12.2C2H6.CH4/c1-11-7-5-6-10-13(11)12-8-3-2-4-9-12;2*1-2;/h2-10H,1H3;2*1-2H3;1H4. The molecule has 0 atom stereocenters. The predicted molar refractivity (Wildman–Crippen MR) is 86.0 cm³/mol. The Morgan fingerprint density at radius 2 is 1.06 bits per heavy atom. The zero-order valence-electron chi connectivity index (χ0n) is 11.7. The van der Waals surface area contributed by atoms with Gasteiger partial charge in [-0.3, -0.25) is 0 Å². The van der Waals surface area contributed by atoms with Gasteiger partial charge in [-0.2, -0.15) is 0 Å². The van der Waals surface area contributed by atoms with Crippen LogP contribution in [0, 0.1) is 6.92 Å². The van der Waals surface area contributed by atoms with Crippen molar-refractivity contribution in [2.45, 2.75) is 42.0 Å². The van der Waals surface area contributed by atoms with Crippen LogP contribution in [-0.2, 0) is 0 Å². The van der Waals surface area contributed by atoms with Gasteiger partial charge in [-0.1, -0.05) is 89.7 Å². The molecule has 2 aromatic carbocycles. The highest BCUT2D eigenvalue weighted by Crippen LogP contribution is 2.21. The number of hydrogen-bond acceptors (Lipinski definition) is 0. The summed E-state index contributed by atoms with van der Waals surface area (Å²) in [5, 5.41) is 0. The first-order chi connectivity index (χ1) is 8.38. The summed E-state index contributed by atoms with van der Waals surface area (Å²) >= 11 is 0. The maximum atomic E-state index is 2.16. The largest absolute Gasteiger partial charge is 0.0776 e. The lowest BCUT2D eigenvalue weighted by Crippen LogP contribution is -1.80. The maximum Gasteiger partial charge on any atom is -0.0155 e. The molecule has 0 aromatic heterocycles. The Morgan fingerprint density at radius 3 is 1.56 bits per heavy atom. The Bertz CT molecular complexity index is 388. The minimum absolute atomic E-state index is 0. The molecule has 0 nitrogen and oxygen atoms in total. The molecule has 0 aliphatic rings. The molecule has 0 saturated heterocycles. The highest BCUT2D eigenvalue weighted by Gasteiger charge is 1.97. The maximum absolute atomic E-state index is 2.16. The Labute approximate surface area is 114 Å². The van der Waals surface area contributed by atoms with Crippen molar-refractivity contribution >= 4 is 0 Å². The molecule has 0 aliphatic carbocycles. The lowest BCUT2D eigenvalue weighted by atomic mass is 10.0. The first kappa shape index (κ1) is 18.8. The van der Waals surface area contributed by atoms with Crippen molar-refractivity contribution in [2.24, 2.45) is 0 Å². The van der Waals surface area contributed by atoms with Crippen molar-refractivity contribution < 1.29 is 0 Å². The Morgan fingerprint density at radius 1 is 0.611 bits per heavy atom. The van der Waals surface area contributed by atoms with Crippen molar-refractivity contribution in [2.75, 3.05) is 0 Å². The number of benzene rings is 2. The lowest BCUT2D eigenvalue weighted by molar-refractivity contribution is 1.46. The van der Waals surface area contributed by atoms with E-state index >= 15 is 0 Å². The fourth-order valence-electron chi connectivity index (χ4n) is 1.51. The van der Waals surface area contributed by atoms with E-state index in [9.17, 15) is 0 Å². The normalized spacial score (nSPS) is 7.83. The molecule has 0 unspecified atom stereocenters. The second kappa shape index (κ2) is 11.9. The van der Waals surface area contributed by atoms with Crippen LogP contribution in [0.1, 0.15) is 40.7 Å². The van der Waals surface area contributed by atoms with Gasteiger partial charge >= 0.3 is 0 Å². The molecule has 0 amide bonds. The van der Waals surface area contributed by atoms with Gasteiger partial charge in [-0.25, -0.2) is 0 Å². The second-order valence-electron chi connectivity index (χ2n) is 3.18. The summed E-state index contributed by atoms with van der Waals surface area (Å²) in [4.78, 5) is 0. The molecular formula is C18H28. The van der Waals surface area contributed by atoms with Crippen LogP contribution in [0.5, 0.6) is 0 Å². The van der Waals surface area contributed by atoms with E-state index < -0.39 is 0 Å². The quantitative estimate of drug-likeness (QED) is 0.548. The van der Waals surface area contributed by atoms with E-state index in [-0.39, 0.29) is 7.43 Å². The molecule has 0 spiro atoms. The fourth-order valence-corrected chi connectivity index (χ4v) is 1.51. The van der Waals surface area contributed by atoms with Crippen LogP contribution in [-0.4, -0.2) is 0 Å². The van der Waals surface area contributed by atoms with E-state index in [4.69, 9.17) is 0 Å². The van der Waals surface area contributed by atoms with Gasteiger partial charge in [0.2, 0.25) is 0 Å². The van der Waals surface area contributed by atoms with Crippen molar-refractivity contribution in [3.8, 4) is 11.1 Å². The summed E-state index contributed by atoms with van der Waals surface area (Å²) in [7, 11) is 0. The first-order valence-electron chi connectivity index (χ1n) is 6.49. The second-order valence-corrected chi connectivity index (χ2v) is 3.18. The highest BCUT2D eigenvalue weighted by molar-refractivity contribution is 5.66. The van der Waals surface area contributed by atoms with E-state index in [0.29, 0.717) is 0 Å². The first-order valence-corrected chi connectivity index (χ1v) is 6.49. The van der Waals surface area contributed by atoms with Crippen LogP contribution in [0.15, 0.2) is 54.6 Å². The average Bonchev–Trinajstić information content (AvgIpc) is 2.45. The number of hydrogen-bond donors (Lipinski definition) is 0. The minimum Gasteiger partial charge on any atom is -0.0776 e. The van der Waals surface area contributed by atoms with Crippen LogP contribution in [0.2, 0.25) is 0 Å². The molecule has 0 heteroatoms. The summed E-state index contributed by atoms with van der Waals surface area (Å²) in [5.41, 5.74) is 3.94. The smallest absolute Gasteiger partial charge is 0.0155 e. The molecule has 0 aliphatic heterocycles.